The predicted octanol–water partition coefficient (Wildman–Crippen LogP) is 1.77. The molecule has 3 nitrogen and oxygen atoms in total. The van der Waals surface area contributed by atoms with Crippen LogP contribution >= 0.6 is 12.2 Å². The van der Waals surface area contributed by atoms with Crippen molar-refractivity contribution in [1.82, 2.24) is 4.90 Å². The second kappa shape index (κ2) is 5.47. The Hall–Kier alpha value is -1.13. The average molecular weight is 250 g/mol. The summed E-state index contributed by atoms with van der Waals surface area (Å²) in [6.45, 7) is 2.67. The molecule has 0 aliphatic carbocycles. The highest BCUT2D eigenvalue weighted by Gasteiger charge is 2.24. The van der Waals surface area contributed by atoms with Crippen LogP contribution in [0.25, 0.3) is 0 Å². The summed E-state index contributed by atoms with van der Waals surface area (Å²) in [5.74, 6) is 1.49. The number of hydrogen-bond donors (Lipinski definition) is 1. The number of hydrogen-bond acceptors (Lipinski definition) is 3. The Morgan fingerprint density at radius 3 is 3.06 bits per heavy atom. The molecule has 0 saturated carbocycles. The van der Waals surface area contributed by atoms with Gasteiger partial charge in [0.2, 0.25) is 0 Å². The molecule has 0 aromatic heterocycles. The summed E-state index contributed by atoms with van der Waals surface area (Å²) in [5.41, 5.74) is 6.82. The molecule has 2 N–H and O–H groups in total. The lowest BCUT2D eigenvalue weighted by Crippen LogP contribution is -2.28. The van der Waals surface area contributed by atoms with Crippen LogP contribution in [0, 0.1) is 0 Å². The van der Waals surface area contributed by atoms with E-state index in [1.165, 1.54) is 5.56 Å². The van der Waals surface area contributed by atoms with Crippen molar-refractivity contribution in [1.29, 1.82) is 0 Å². The molecule has 0 amide bonds. The maximum Gasteiger partial charge on any atom is 0.122 e. The minimum Gasteiger partial charge on any atom is -0.493 e. The van der Waals surface area contributed by atoms with Crippen LogP contribution in [0.2, 0.25) is 0 Å². The summed E-state index contributed by atoms with van der Waals surface area (Å²) in [5, 5.41) is 0. The van der Waals surface area contributed by atoms with Crippen molar-refractivity contribution in [2.45, 2.75) is 12.3 Å². The second-order valence-corrected chi connectivity index (χ2v) is 5.05. The van der Waals surface area contributed by atoms with E-state index in [1.54, 1.807) is 0 Å². The SMILES string of the molecule is CN(CCC(N)=S)CC1COc2ccccc21. The van der Waals surface area contributed by atoms with Crippen LogP contribution in [0.15, 0.2) is 24.3 Å². The minimum atomic E-state index is 0.461. The molecule has 1 aliphatic rings. The number of nitrogens with zero attached hydrogens (tertiary/aromatic N) is 1. The highest BCUT2D eigenvalue weighted by molar-refractivity contribution is 7.80. The summed E-state index contributed by atoms with van der Waals surface area (Å²) in [7, 11) is 2.10. The van der Waals surface area contributed by atoms with Gasteiger partial charge in [0.15, 0.2) is 0 Å². The van der Waals surface area contributed by atoms with Gasteiger partial charge in [-0.3, -0.25) is 0 Å². The lowest BCUT2D eigenvalue weighted by atomic mass is 10.0. The van der Waals surface area contributed by atoms with Gasteiger partial charge in [0.05, 0.1) is 11.6 Å². The van der Waals surface area contributed by atoms with E-state index in [9.17, 15) is 0 Å². The number of ether oxygens (including phenoxy) is 1. The number of para-hydroxylation sites is 1. The Balaban J connectivity index is 1.90. The molecular formula is C13H18N2OS. The quantitative estimate of drug-likeness (QED) is 0.808. The van der Waals surface area contributed by atoms with Gasteiger partial charge in [0.1, 0.15) is 5.75 Å². The van der Waals surface area contributed by atoms with Gasteiger partial charge in [-0.05, 0) is 13.1 Å². The Bertz CT molecular complexity index is 408. The molecule has 1 aromatic carbocycles. The molecule has 0 radical (unpaired) electrons. The van der Waals surface area contributed by atoms with E-state index in [2.05, 4.69) is 24.1 Å². The fourth-order valence-electron chi connectivity index (χ4n) is 2.15. The molecular weight excluding hydrogens is 232 g/mol. The van der Waals surface area contributed by atoms with Gasteiger partial charge in [0.25, 0.3) is 0 Å². The van der Waals surface area contributed by atoms with E-state index >= 15 is 0 Å². The Labute approximate surface area is 108 Å². The van der Waals surface area contributed by atoms with Crippen LogP contribution in [0.3, 0.4) is 0 Å². The maximum atomic E-state index is 5.66. The lowest BCUT2D eigenvalue weighted by Gasteiger charge is -2.19. The molecule has 17 heavy (non-hydrogen) atoms. The van der Waals surface area contributed by atoms with Crippen molar-refractivity contribution < 1.29 is 4.74 Å². The molecule has 92 valence electrons. The molecule has 1 atom stereocenters. The van der Waals surface area contributed by atoms with Gasteiger partial charge >= 0.3 is 0 Å². The number of thiocarbonyl (C=S) groups is 1. The smallest absolute Gasteiger partial charge is 0.122 e. The van der Waals surface area contributed by atoms with E-state index in [1.807, 2.05) is 12.1 Å². The normalized spacial score (nSPS) is 17.9. The van der Waals surface area contributed by atoms with E-state index in [4.69, 9.17) is 22.7 Å². The standard InChI is InChI=1S/C13H18N2OS/c1-15(7-6-13(14)17)8-10-9-16-12-5-3-2-4-11(10)12/h2-5,10H,6-9H2,1H3,(H2,14,17). The molecule has 1 aromatic rings. The summed E-state index contributed by atoms with van der Waals surface area (Å²) >= 11 is 4.89. The predicted molar refractivity (Wildman–Crippen MR) is 73.6 cm³/mol. The van der Waals surface area contributed by atoms with Crippen LogP contribution in [0.4, 0.5) is 0 Å². The summed E-state index contributed by atoms with van der Waals surface area (Å²) in [6.07, 6.45) is 0.779. The second-order valence-electron chi connectivity index (χ2n) is 4.52. The zero-order chi connectivity index (χ0) is 12.3. The largest absolute Gasteiger partial charge is 0.493 e. The first-order valence-corrected chi connectivity index (χ1v) is 6.26. The summed E-state index contributed by atoms with van der Waals surface area (Å²) in [4.78, 5) is 2.84. The van der Waals surface area contributed by atoms with Crippen molar-refractivity contribution in [2.75, 3.05) is 26.7 Å². The fourth-order valence-corrected chi connectivity index (χ4v) is 2.24. The van der Waals surface area contributed by atoms with Crippen molar-refractivity contribution in [3.63, 3.8) is 0 Å². The third kappa shape index (κ3) is 3.17. The van der Waals surface area contributed by atoms with Crippen molar-refractivity contribution in [3.8, 4) is 5.75 Å². The molecule has 4 heteroatoms. The molecule has 1 unspecified atom stereocenters. The van der Waals surface area contributed by atoms with Crippen LogP contribution in [-0.4, -0.2) is 36.6 Å². The van der Waals surface area contributed by atoms with Crippen molar-refractivity contribution >= 4 is 17.2 Å². The Morgan fingerprint density at radius 2 is 2.29 bits per heavy atom. The topological polar surface area (TPSA) is 38.5 Å². The van der Waals surface area contributed by atoms with E-state index in [0.717, 1.165) is 31.9 Å². The zero-order valence-electron chi connectivity index (χ0n) is 10.1. The number of fused-ring (bicyclic) bond motifs is 1. The number of benzene rings is 1. The molecule has 0 fully saturated rings. The average Bonchev–Trinajstić information content (AvgIpc) is 2.70. The highest BCUT2D eigenvalue weighted by Crippen LogP contribution is 2.33. The van der Waals surface area contributed by atoms with Gasteiger partial charge in [-0.15, -0.1) is 0 Å². The maximum absolute atomic E-state index is 5.66. The zero-order valence-corrected chi connectivity index (χ0v) is 10.9. The fraction of sp³-hybridized carbons (Fsp3) is 0.462. The van der Waals surface area contributed by atoms with Gasteiger partial charge in [-0.2, -0.15) is 0 Å². The molecule has 2 rings (SSSR count). The van der Waals surface area contributed by atoms with Gasteiger partial charge < -0.3 is 15.4 Å². The Morgan fingerprint density at radius 1 is 1.53 bits per heavy atom. The first kappa shape index (κ1) is 12.3. The minimum absolute atomic E-state index is 0.461. The van der Waals surface area contributed by atoms with E-state index in [0.29, 0.717) is 10.9 Å². The summed E-state index contributed by atoms with van der Waals surface area (Å²) in [6, 6.07) is 8.26. The highest BCUT2D eigenvalue weighted by atomic mass is 32.1. The first-order chi connectivity index (χ1) is 8.16. The molecule has 0 bridgehead atoms. The lowest BCUT2D eigenvalue weighted by molar-refractivity contribution is 0.271. The van der Waals surface area contributed by atoms with Gasteiger partial charge in [-0.25, -0.2) is 0 Å². The number of rotatable bonds is 5. The summed E-state index contributed by atoms with van der Waals surface area (Å²) < 4.78 is 5.66. The first-order valence-electron chi connectivity index (χ1n) is 5.85. The van der Waals surface area contributed by atoms with Crippen LogP contribution in [-0.2, 0) is 0 Å². The van der Waals surface area contributed by atoms with Crippen LogP contribution in [0.5, 0.6) is 5.75 Å². The Kier molecular flexibility index (Phi) is 3.97. The van der Waals surface area contributed by atoms with Crippen LogP contribution < -0.4 is 10.5 Å². The molecule has 0 saturated heterocycles. The van der Waals surface area contributed by atoms with Crippen LogP contribution in [0.1, 0.15) is 17.9 Å². The number of likely N-dealkylation sites (N-methyl/N-ethyl adjacent to an activating group) is 1. The van der Waals surface area contributed by atoms with Crippen molar-refractivity contribution in [2.24, 2.45) is 5.73 Å². The molecule has 1 aliphatic heterocycles. The monoisotopic (exact) mass is 250 g/mol. The third-order valence-electron chi connectivity index (χ3n) is 3.07. The van der Waals surface area contributed by atoms with E-state index < -0.39 is 0 Å². The number of nitrogens with two attached hydrogens (primary N) is 1. The third-order valence-corrected chi connectivity index (χ3v) is 3.27. The van der Waals surface area contributed by atoms with Gasteiger partial charge in [0, 0.05) is 31.0 Å². The molecule has 0 spiro atoms. The molecule has 1 heterocycles. The van der Waals surface area contributed by atoms with Crippen molar-refractivity contribution in [3.05, 3.63) is 29.8 Å². The van der Waals surface area contributed by atoms with Gasteiger partial charge in [-0.1, -0.05) is 30.4 Å². The van der Waals surface area contributed by atoms with E-state index in [-0.39, 0.29) is 0 Å².